The largest absolute Gasteiger partial charge is 0.336 e. The lowest BCUT2D eigenvalue weighted by Gasteiger charge is -2.14. The normalized spacial score (nSPS) is 12.4. The second-order valence-corrected chi connectivity index (χ2v) is 3.01. The number of nitrogens with one attached hydrogen (secondary N) is 1. The Hall–Kier alpha value is -1.27. The third kappa shape index (κ3) is 2.33. The van der Waals surface area contributed by atoms with Gasteiger partial charge in [0, 0.05) is 25.7 Å². The smallest absolute Gasteiger partial charge is 0.0946 e. The van der Waals surface area contributed by atoms with Gasteiger partial charge in [-0.1, -0.05) is 0 Å². The van der Waals surface area contributed by atoms with Crippen LogP contribution in [0.25, 0.3) is 0 Å². The van der Waals surface area contributed by atoms with Crippen molar-refractivity contribution in [2.24, 2.45) is 7.05 Å². The number of terminal acetylenes is 1. The summed E-state index contributed by atoms with van der Waals surface area (Å²) in [5.74, 6) is 2.64. The fraction of sp³-hybridized carbons (Fsp3) is 0.500. The third-order valence-electron chi connectivity index (χ3n) is 2.14. The average Bonchev–Trinajstić information content (AvgIpc) is 2.54. The standard InChI is InChI=1S/C10H15N3/c1-4-5-6-9(11-2)10-7-12-8-13(10)3/h1,7-9,11H,5-6H2,2-3H3. The molecule has 0 radical (unpaired) electrons. The van der Waals surface area contributed by atoms with Crippen molar-refractivity contribution in [3.63, 3.8) is 0 Å². The van der Waals surface area contributed by atoms with Crippen LogP contribution in [-0.4, -0.2) is 16.6 Å². The molecular weight excluding hydrogens is 162 g/mol. The van der Waals surface area contributed by atoms with Crippen LogP contribution in [0, 0.1) is 12.3 Å². The fourth-order valence-corrected chi connectivity index (χ4v) is 1.37. The van der Waals surface area contributed by atoms with Gasteiger partial charge in [0.05, 0.1) is 12.0 Å². The lowest BCUT2D eigenvalue weighted by molar-refractivity contribution is 0.527. The van der Waals surface area contributed by atoms with E-state index in [1.165, 1.54) is 5.69 Å². The van der Waals surface area contributed by atoms with Gasteiger partial charge in [0.2, 0.25) is 0 Å². The highest BCUT2D eigenvalue weighted by molar-refractivity contribution is 5.05. The van der Waals surface area contributed by atoms with Gasteiger partial charge in [0.15, 0.2) is 0 Å². The molecule has 3 heteroatoms. The highest BCUT2D eigenvalue weighted by atomic mass is 15.1. The first-order chi connectivity index (χ1) is 6.29. The van der Waals surface area contributed by atoms with Crippen LogP contribution in [0.2, 0.25) is 0 Å². The summed E-state index contributed by atoms with van der Waals surface area (Å²) in [6, 6.07) is 0.309. The van der Waals surface area contributed by atoms with Gasteiger partial charge in [-0.2, -0.15) is 0 Å². The number of rotatable bonds is 4. The van der Waals surface area contributed by atoms with E-state index < -0.39 is 0 Å². The molecule has 3 nitrogen and oxygen atoms in total. The van der Waals surface area contributed by atoms with Crippen LogP contribution in [0.15, 0.2) is 12.5 Å². The van der Waals surface area contributed by atoms with Crippen LogP contribution in [0.3, 0.4) is 0 Å². The Labute approximate surface area is 79.2 Å². The molecule has 0 aliphatic heterocycles. The lowest BCUT2D eigenvalue weighted by Crippen LogP contribution is -2.18. The molecule has 1 rings (SSSR count). The monoisotopic (exact) mass is 177 g/mol. The van der Waals surface area contributed by atoms with Gasteiger partial charge in [-0.15, -0.1) is 12.3 Å². The van der Waals surface area contributed by atoms with E-state index in [0.29, 0.717) is 6.04 Å². The van der Waals surface area contributed by atoms with Gasteiger partial charge >= 0.3 is 0 Å². The Bertz CT molecular complexity index is 295. The summed E-state index contributed by atoms with van der Waals surface area (Å²) < 4.78 is 2.01. The highest BCUT2D eigenvalue weighted by Crippen LogP contribution is 2.16. The molecule has 0 fully saturated rings. The van der Waals surface area contributed by atoms with Gasteiger partial charge in [0.25, 0.3) is 0 Å². The number of imidazole rings is 1. The fourth-order valence-electron chi connectivity index (χ4n) is 1.37. The summed E-state index contributed by atoms with van der Waals surface area (Å²) in [6.07, 6.45) is 10.6. The maximum Gasteiger partial charge on any atom is 0.0946 e. The number of nitrogens with zero attached hydrogens (tertiary/aromatic N) is 2. The number of aromatic nitrogens is 2. The summed E-state index contributed by atoms with van der Waals surface area (Å²) in [5.41, 5.74) is 1.18. The Balaban J connectivity index is 2.68. The van der Waals surface area contributed by atoms with Gasteiger partial charge in [-0.25, -0.2) is 4.98 Å². The number of hydrogen-bond donors (Lipinski definition) is 1. The molecule has 0 saturated carbocycles. The van der Waals surface area contributed by atoms with Gasteiger partial charge in [0.1, 0.15) is 0 Å². The topological polar surface area (TPSA) is 29.9 Å². The number of hydrogen-bond acceptors (Lipinski definition) is 2. The van der Waals surface area contributed by atoms with Gasteiger partial charge < -0.3 is 9.88 Å². The first kappa shape index (κ1) is 9.82. The molecule has 0 bridgehead atoms. The minimum atomic E-state index is 0.309. The maximum atomic E-state index is 5.22. The van der Waals surface area contributed by atoms with Crippen molar-refractivity contribution in [1.29, 1.82) is 0 Å². The van der Waals surface area contributed by atoms with Gasteiger partial charge in [-0.3, -0.25) is 0 Å². The van der Waals surface area contributed by atoms with E-state index in [0.717, 1.165) is 12.8 Å². The van der Waals surface area contributed by atoms with Crippen LogP contribution in [-0.2, 0) is 7.05 Å². The minimum absolute atomic E-state index is 0.309. The third-order valence-corrected chi connectivity index (χ3v) is 2.14. The van der Waals surface area contributed by atoms with Crippen LogP contribution in [0.1, 0.15) is 24.6 Å². The predicted octanol–water partition coefficient (Wildman–Crippen LogP) is 1.09. The Morgan fingerprint density at radius 3 is 3.00 bits per heavy atom. The molecule has 0 aliphatic carbocycles. The summed E-state index contributed by atoms with van der Waals surface area (Å²) >= 11 is 0. The average molecular weight is 177 g/mol. The molecule has 1 heterocycles. The van der Waals surface area contributed by atoms with Crippen LogP contribution >= 0.6 is 0 Å². The molecule has 0 aliphatic rings. The lowest BCUT2D eigenvalue weighted by atomic mass is 10.1. The molecule has 1 N–H and O–H groups in total. The Kier molecular flexibility index (Phi) is 3.53. The van der Waals surface area contributed by atoms with E-state index in [-0.39, 0.29) is 0 Å². The summed E-state index contributed by atoms with van der Waals surface area (Å²) in [6.45, 7) is 0. The first-order valence-corrected chi connectivity index (χ1v) is 4.36. The molecule has 0 amide bonds. The van der Waals surface area contributed by atoms with Crippen LogP contribution in [0.4, 0.5) is 0 Å². The quantitative estimate of drug-likeness (QED) is 0.698. The van der Waals surface area contributed by atoms with Crippen LogP contribution in [0.5, 0.6) is 0 Å². The second kappa shape index (κ2) is 4.68. The van der Waals surface area contributed by atoms with Crippen LogP contribution < -0.4 is 5.32 Å². The molecule has 1 aromatic rings. The zero-order valence-corrected chi connectivity index (χ0v) is 8.12. The van der Waals surface area contributed by atoms with Crippen molar-refractivity contribution >= 4 is 0 Å². The van der Waals surface area contributed by atoms with Crippen molar-refractivity contribution in [3.8, 4) is 12.3 Å². The van der Waals surface area contributed by atoms with E-state index in [9.17, 15) is 0 Å². The SMILES string of the molecule is C#CCCC(NC)c1cncn1C. The zero-order chi connectivity index (χ0) is 9.68. The molecule has 70 valence electrons. The van der Waals surface area contributed by atoms with Crippen molar-refractivity contribution in [2.45, 2.75) is 18.9 Å². The molecule has 13 heavy (non-hydrogen) atoms. The minimum Gasteiger partial charge on any atom is -0.336 e. The second-order valence-electron chi connectivity index (χ2n) is 3.01. The molecular formula is C10H15N3. The molecule has 1 aromatic heterocycles. The van der Waals surface area contributed by atoms with E-state index in [2.05, 4.69) is 16.2 Å². The number of aryl methyl sites for hydroxylation is 1. The van der Waals surface area contributed by atoms with Crippen molar-refractivity contribution < 1.29 is 0 Å². The summed E-state index contributed by atoms with van der Waals surface area (Å²) in [5, 5.41) is 3.22. The zero-order valence-electron chi connectivity index (χ0n) is 8.12. The molecule has 0 spiro atoms. The summed E-state index contributed by atoms with van der Waals surface area (Å²) in [7, 11) is 3.93. The van der Waals surface area contributed by atoms with E-state index in [1.807, 2.05) is 24.9 Å². The predicted molar refractivity (Wildman–Crippen MR) is 53.1 cm³/mol. The molecule has 1 unspecified atom stereocenters. The molecule has 0 saturated heterocycles. The van der Waals surface area contributed by atoms with Crippen molar-refractivity contribution in [1.82, 2.24) is 14.9 Å². The highest BCUT2D eigenvalue weighted by Gasteiger charge is 2.10. The molecule has 1 atom stereocenters. The van der Waals surface area contributed by atoms with E-state index in [1.54, 1.807) is 6.33 Å². The molecule has 0 aromatic carbocycles. The Morgan fingerprint density at radius 2 is 2.54 bits per heavy atom. The van der Waals surface area contributed by atoms with Crippen molar-refractivity contribution in [2.75, 3.05) is 7.05 Å². The van der Waals surface area contributed by atoms with E-state index in [4.69, 9.17) is 6.42 Å². The maximum absolute atomic E-state index is 5.22. The first-order valence-electron chi connectivity index (χ1n) is 4.36. The van der Waals surface area contributed by atoms with Gasteiger partial charge in [-0.05, 0) is 13.5 Å². The van der Waals surface area contributed by atoms with E-state index >= 15 is 0 Å². The van der Waals surface area contributed by atoms with Crippen molar-refractivity contribution in [3.05, 3.63) is 18.2 Å². The summed E-state index contributed by atoms with van der Waals surface area (Å²) in [4.78, 5) is 4.07. The Morgan fingerprint density at radius 1 is 1.77 bits per heavy atom.